The molecule has 0 aliphatic heterocycles. The van der Waals surface area contributed by atoms with Gasteiger partial charge in [0.05, 0.1) is 16.9 Å². The van der Waals surface area contributed by atoms with Gasteiger partial charge < -0.3 is 5.32 Å². The Kier molecular flexibility index (Phi) is 5.06. The Labute approximate surface area is 142 Å². The zero-order chi connectivity index (χ0) is 16.9. The van der Waals surface area contributed by atoms with Crippen molar-refractivity contribution in [1.29, 1.82) is 0 Å². The molecule has 1 N–H and O–H groups in total. The molecule has 3 rings (SSSR count). The van der Waals surface area contributed by atoms with Crippen LogP contribution in [0.2, 0.25) is 0 Å². The number of aromatic nitrogens is 2. The van der Waals surface area contributed by atoms with Crippen LogP contribution in [-0.2, 0) is 13.5 Å². The lowest BCUT2D eigenvalue weighted by atomic mass is 10.1. The smallest absolute Gasteiger partial charge is 0.261 e. The van der Waals surface area contributed by atoms with E-state index < -0.39 is 0 Å². The van der Waals surface area contributed by atoms with Gasteiger partial charge in [-0.1, -0.05) is 49.4 Å². The minimum Gasteiger partial charge on any atom is -0.307 e. The minimum absolute atomic E-state index is 0.0129. The fourth-order valence-corrected chi connectivity index (χ4v) is 3.00. The quantitative estimate of drug-likeness (QED) is 0.758. The minimum atomic E-state index is 0.0129. The van der Waals surface area contributed by atoms with Crippen LogP contribution >= 0.6 is 0 Å². The van der Waals surface area contributed by atoms with Crippen molar-refractivity contribution in [2.45, 2.75) is 25.8 Å². The molecule has 0 saturated heterocycles. The molecule has 0 fully saturated rings. The third kappa shape index (κ3) is 3.39. The summed E-state index contributed by atoms with van der Waals surface area (Å²) >= 11 is 0. The molecule has 0 unspecified atom stereocenters. The lowest BCUT2D eigenvalue weighted by Gasteiger charge is -2.19. The lowest BCUT2D eigenvalue weighted by Crippen LogP contribution is -2.31. The Morgan fingerprint density at radius 2 is 1.79 bits per heavy atom. The molecule has 3 aromatic rings. The maximum Gasteiger partial charge on any atom is 0.261 e. The molecule has 1 aromatic heterocycles. The van der Waals surface area contributed by atoms with Crippen LogP contribution in [-0.4, -0.2) is 16.1 Å². The van der Waals surface area contributed by atoms with Gasteiger partial charge in [-0.15, -0.1) is 0 Å². The fourth-order valence-electron chi connectivity index (χ4n) is 3.00. The number of para-hydroxylation sites is 1. The topological polar surface area (TPSA) is 46.9 Å². The van der Waals surface area contributed by atoms with Crippen molar-refractivity contribution >= 4 is 10.9 Å². The average molecular weight is 321 g/mol. The Balaban J connectivity index is 1.81. The van der Waals surface area contributed by atoms with Crippen LogP contribution in [0.1, 0.15) is 30.8 Å². The first kappa shape index (κ1) is 16.4. The summed E-state index contributed by atoms with van der Waals surface area (Å²) < 4.78 is 1.67. The largest absolute Gasteiger partial charge is 0.307 e. The van der Waals surface area contributed by atoms with E-state index in [-0.39, 0.29) is 11.6 Å². The highest BCUT2D eigenvalue weighted by molar-refractivity contribution is 5.77. The van der Waals surface area contributed by atoms with E-state index in [1.54, 1.807) is 11.6 Å². The van der Waals surface area contributed by atoms with Crippen molar-refractivity contribution in [2.24, 2.45) is 7.05 Å². The van der Waals surface area contributed by atoms with Gasteiger partial charge in [-0.3, -0.25) is 9.36 Å². The molecule has 0 saturated carbocycles. The fraction of sp³-hybridized carbons (Fsp3) is 0.300. The van der Waals surface area contributed by atoms with Crippen LogP contribution in [0.5, 0.6) is 0 Å². The van der Waals surface area contributed by atoms with Crippen LogP contribution in [0, 0.1) is 0 Å². The number of nitrogens with zero attached hydrogens (tertiary/aromatic N) is 2. The summed E-state index contributed by atoms with van der Waals surface area (Å²) in [6.07, 6.45) is 1.84. The van der Waals surface area contributed by atoms with E-state index in [2.05, 4.69) is 36.5 Å². The molecule has 0 bridgehead atoms. The van der Waals surface area contributed by atoms with E-state index in [4.69, 9.17) is 4.98 Å². The molecule has 124 valence electrons. The summed E-state index contributed by atoms with van der Waals surface area (Å²) in [5.41, 5.74) is 2.08. The highest BCUT2D eigenvalue weighted by atomic mass is 16.1. The van der Waals surface area contributed by atoms with Crippen LogP contribution in [0.3, 0.4) is 0 Å². The molecule has 0 aliphatic carbocycles. The summed E-state index contributed by atoms with van der Waals surface area (Å²) in [5, 5.41) is 4.21. The van der Waals surface area contributed by atoms with Gasteiger partial charge in [0.1, 0.15) is 5.82 Å². The van der Waals surface area contributed by atoms with E-state index in [0.29, 0.717) is 5.39 Å². The first-order chi connectivity index (χ1) is 11.7. The predicted molar refractivity (Wildman–Crippen MR) is 98.2 cm³/mol. The molecule has 4 nitrogen and oxygen atoms in total. The van der Waals surface area contributed by atoms with Gasteiger partial charge in [-0.2, -0.15) is 0 Å². The van der Waals surface area contributed by atoms with Gasteiger partial charge in [-0.05, 0) is 37.1 Å². The summed E-state index contributed by atoms with van der Waals surface area (Å²) in [6.45, 7) is 2.97. The Morgan fingerprint density at radius 1 is 1.08 bits per heavy atom. The van der Waals surface area contributed by atoms with E-state index >= 15 is 0 Å². The van der Waals surface area contributed by atoms with Crippen LogP contribution < -0.4 is 10.9 Å². The average Bonchev–Trinajstić information content (AvgIpc) is 2.63. The van der Waals surface area contributed by atoms with Crippen molar-refractivity contribution in [3.05, 3.63) is 76.3 Å². The second-order valence-corrected chi connectivity index (χ2v) is 6.00. The van der Waals surface area contributed by atoms with Crippen molar-refractivity contribution in [2.75, 3.05) is 6.54 Å². The van der Waals surface area contributed by atoms with Crippen molar-refractivity contribution in [1.82, 2.24) is 14.9 Å². The number of fused-ring (bicyclic) bond motifs is 1. The Hall–Kier alpha value is -2.46. The van der Waals surface area contributed by atoms with Gasteiger partial charge in [0, 0.05) is 7.05 Å². The summed E-state index contributed by atoms with van der Waals surface area (Å²) in [6, 6.07) is 18.0. The number of hydrogen-bond donors (Lipinski definition) is 1. The molecule has 1 atom stereocenters. The monoisotopic (exact) mass is 321 g/mol. The standard InChI is InChI=1S/C20H23N3O/c1-3-17(21-14-13-15-9-5-4-6-10-15)19-22-18-12-8-7-11-16(18)20(24)23(19)2/h4-12,17,21H,3,13-14H2,1-2H3/t17-/m0/s1. The third-order valence-corrected chi connectivity index (χ3v) is 4.38. The van der Waals surface area contributed by atoms with E-state index in [1.807, 2.05) is 30.3 Å². The summed E-state index contributed by atoms with van der Waals surface area (Å²) in [4.78, 5) is 17.3. The molecular weight excluding hydrogens is 298 g/mol. The van der Waals surface area contributed by atoms with Crippen molar-refractivity contribution in [3.63, 3.8) is 0 Å². The second-order valence-electron chi connectivity index (χ2n) is 6.00. The number of nitrogens with one attached hydrogen (secondary N) is 1. The zero-order valence-corrected chi connectivity index (χ0v) is 14.2. The summed E-state index contributed by atoms with van der Waals surface area (Å²) in [7, 11) is 1.80. The van der Waals surface area contributed by atoms with E-state index in [1.165, 1.54) is 5.56 Å². The second kappa shape index (κ2) is 7.41. The molecule has 0 spiro atoms. The number of hydrogen-bond acceptors (Lipinski definition) is 3. The van der Waals surface area contributed by atoms with Crippen LogP contribution in [0.25, 0.3) is 10.9 Å². The van der Waals surface area contributed by atoms with Gasteiger partial charge in [0.2, 0.25) is 0 Å². The maximum atomic E-state index is 12.6. The summed E-state index contributed by atoms with van der Waals surface area (Å²) in [5.74, 6) is 0.800. The molecule has 0 aliphatic rings. The van der Waals surface area contributed by atoms with Crippen LogP contribution in [0.15, 0.2) is 59.4 Å². The van der Waals surface area contributed by atoms with Gasteiger partial charge in [0.15, 0.2) is 0 Å². The highest BCUT2D eigenvalue weighted by Gasteiger charge is 2.16. The van der Waals surface area contributed by atoms with Crippen molar-refractivity contribution in [3.8, 4) is 0 Å². The van der Waals surface area contributed by atoms with E-state index in [0.717, 1.165) is 30.7 Å². The lowest BCUT2D eigenvalue weighted by molar-refractivity contribution is 0.477. The highest BCUT2D eigenvalue weighted by Crippen LogP contribution is 2.16. The molecule has 24 heavy (non-hydrogen) atoms. The Bertz CT molecular complexity index is 871. The van der Waals surface area contributed by atoms with Gasteiger partial charge in [-0.25, -0.2) is 4.98 Å². The van der Waals surface area contributed by atoms with Gasteiger partial charge in [0.25, 0.3) is 5.56 Å². The van der Waals surface area contributed by atoms with Crippen molar-refractivity contribution < 1.29 is 0 Å². The van der Waals surface area contributed by atoms with Crippen LogP contribution in [0.4, 0.5) is 0 Å². The third-order valence-electron chi connectivity index (χ3n) is 4.38. The zero-order valence-electron chi connectivity index (χ0n) is 14.2. The SMILES string of the molecule is CC[C@H](NCCc1ccccc1)c1nc2ccccc2c(=O)n1C. The number of benzene rings is 2. The molecule has 0 amide bonds. The Morgan fingerprint density at radius 3 is 2.54 bits per heavy atom. The molecule has 2 aromatic carbocycles. The predicted octanol–water partition coefficient (Wildman–Crippen LogP) is 3.22. The molecule has 4 heteroatoms. The maximum absolute atomic E-state index is 12.6. The number of rotatable bonds is 6. The molecule has 1 heterocycles. The first-order valence-electron chi connectivity index (χ1n) is 8.43. The molecule has 0 radical (unpaired) electrons. The molecular formula is C20H23N3O. The van der Waals surface area contributed by atoms with E-state index in [9.17, 15) is 4.79 Å². The first-order valence-corrected chi connectivity index (χ1v) is 8.43. The normalized spacial score (nSPS) is 12.4. The van der Waals surface area contributed by atoms with Gasteiger partial charge >= 0.3 is 0 Å².